The first-order chi connectivity index (χ1) is 8.93. The molecule has 6 heteroatoms. The highest BCUT2D eigenvalue weighted by atomic mass is 32.2. The molecular formula is C13H24N2O3S. The number of carboxylic acid groups (broad SMARTS) is 1. The number of nitrogens with one attached hydrogen (secondary N) is 2. The second-order valence-corrected chi connectivity index (χ2v) is 6.49. The molecule has 0 aliphatic heterocycles. The van der Waals surface area contributed by atoms with Crippen molar-refractivity contribution in [1.82, 2.24) is 10.6 Å². The van der Waals surface area contributed by atoms with Gasteiger partial charge in [0.1, 0.15) is 0 Å². The van der Waals surface area contributed by atoms with Crippen molar-refractivity contribution in [3.05, 3.63) is 0 Å². The smallest absolute Gasteiger partial charge is 0.314 e. The lowest BCUT2D eigenvalue weighted by Gasteiger charge is -2.27. The van der Waals surface area contributed by atoms with Gasteiger partial charge in [-0.15, -0.1) is 0 Å². The first kappa shape index (κ1) is 16.1. The summed E-state index contributed by atoms with van der Waals surface area (Å²) in [6.45, 7) is 4.50. The third kappa shape index (κ3) is 4.03. The Bertz CT molecular complexity index is 339. The van der Waals surface area contributed by atoms with Gasteiger partial charge in [-0.25, -0.2) is 4.79 Å². The van der Waals surface area contributed by atoms with Crippen LogP contribution in [0.15, 0.2) is 0 Å². The minimum atomic E-state index is -0.853. The van der Waals surface area contributed by atoms with E-state index in [0.29, 0.717) is 19.4 Å². The van der Waals surface area contributed by atoms with E-state index in [1.54, 1.807) is 11.8 Å². The third-order valence-corrected chi connectivity index (χ3v) is 5.62. The summed E-state index contributed by atoms with van der Waals surface area (Å²) in [6, 6.07) is -0.271. The van der Waals surface area contributed by atoms with E-state index in [1.807, 2.05) is 13.8 Å². The number of aliphatic carboxylic acids is 1. The maximum Gasteiger partial charge on any atom is 0.314 e. The molecule has 1 aliphatic rings. The molecule has 5 nitrogen and oxygen atoms in total. The number of hydrogen-bond donors (Lipinski definition) is 3. The Morgan fingerprint density at radius 2 is 1.84 bits per heavy atom. The van der Waals surface area contributed by atoms with Gasteiger partial charge in [0, 0.05) is 17.8 Å². The van der Waals surface area contributed by atoms with Gasteiger partial charge in [0.2, 0.25) is 0 Å². The Labute approximate surface area is 118 Å². The maximum absolute atomic E-state index is 11.7. The Kier molecular flexibility index (Phi) is 5.52. The maximum atomic E-state index is 11.7. The van der Waals surface area contributed by atoms with Crippen LogP contribution in [0.5, 0.6) is 0 Å². The number of hydrogen-bond acceptors (Lipinski definition) is 3. The van der Waals surface area contributed by atoms with Gasteiger partial charge in [-0.2, -0.15) is 11.8 Å². The summed E-state index contributed by atoms with van der Waals surface area (Å²) in [7, 11) is 0. The summed E-state index contributed by atoms with van der Waals surface area (Å²) >= 11 is 1.78. The zero-order valence-electron chi connectivity index (χ0n) is 11.9. The second kappa shape index (κ2) is 6.50. The Balaban J connectivity index is 2.38. The highest BCUT2D eigenvalue weighted by Gasteiger charge is 2.42. The van der Waals surface area contributed by atoms with Gasteiger partial charge < -0.3 is 15.7 Å². The van der Waals surface area contributed by atoms with Crippen LogP contribution in [-0.4, -0.2) is 41.2 Å². The molecule has 0 radical (unpaired) electrons. The first-order valence-electron chi connectivity index (χ1n) is 6.74. The van der Waals surface area contributed by atoms with E-state index in [1.165, 1.54) is 0 Å². The minimum Gasteiger partial charge on any atom is -0.481 e. The fourth-order valence-corrected chi connectivity index (χ4v) is 2.75. The van der Waals surface area contributed by atoms with Gasteiger partial charge in [-0.3, -0.25) is 4.79 Å². The third-order valence-electron chi connectivity index (χ3n) is 4.21. The minimum absolute atomic E-state index is 0.174. The Morgan fingerprint density at radius 3 is 2.21 bits per heavy atom. The molecule has 1 fully saturated rings. The monoisotopic (exact) mass is 288 g/mol. The number of carbonyl (C=O) groups is 2. The van der Waals surface area contributed by atoms with Gasteiger partial charge in [-0.05, 0) is 31.9 Å². The van der Waals surface area contributed by atoms with Crippen LogP contribution in [0, 0.1) is 5.41 Å². The van der Waals surface area contributed by atoms with Crippen LogP contribution in [0.3, 0.4) is 0 Å². The molecule has 110 valence electrons. The quantitative estimate of drug-likeness (QED) is 0.639. The van der Waals surface area contributed by atoms with E-state index < -0.39 is 11.4 Å². The van der Waals surface area contributed by atoms with Crippen LogP contribution in [0.1, 0.15) is 39.5 Å². The number of carboxylic acids is 1. The van der Waals surface area contributed by atoms with Crippen LogP contribution in [0.2, 0.25) is 0 Å². The summed E-state index contributed by atoms with van der Waals surface area (Å²) in [6.07, 6.45) is 5.34. The first-order valence-corrected chi connectivity index (χ1v) is 7.96. The second-order valence-electron chi connectivity index (χ2n) is 5.22. The Hall–Kier alpha value is -0.910. The zero-order valence-corrected chi connectivity index (χ0v) is 12.7. The number of carbonyl (C=O) groups excluding carboxylic acids is 1. The van der Waals surface area contributed by atoms with E-state index in [9.17, 15) is 14.7 Å². The molecule has 0 unspecified atom stereocenters. The zero-order chi connectivity index (χ0) is 14.5. The van der Waals surface area contributed by atoms with Gasteiger partial charge >= 0.3 is 12.0 Å². The van der Waals surface area contributed by atoms with Crippen molar-refractivity contribution in [1.29, 1.82) is 0 Å². The molecule has 0 aromatic carbocycles. The lowest BCUT2D eigenvalue weighted by Crippen LogP contribution is -2.47. The normalized spacial score (nSPS) is 16.8. The Morgan fingerprint density at radius 1 is 1.26 bits per heavy atom. The average molecular weight is 288 g/mol. The van der Waals surface area contributed by atoms with Gasteiger partial charge in [0.15, 0.2) is 0 Å². The van der Waals surface area contributed by atoms with Crippen molar-refractivity contribution in [2.24, 2.45) is 5.41 Å². The standard InChI is InChI=1S/C13H24N2O3S/c1-4-12(5-2,10(16)17)8-14-11(18)15-9-13(19-3)6-7-13/h4-9H2,1-3H3,(H,16,17)(H2,14,15,18). The molecule has 0 heterocycles. The predicted octanol–water partition coefficient (Wildman–Crippen LogP) is 2.07. The van der Waals surface area contributed by atoms with Crippen molar-refractivity contribution in [3.63, 3.8) is 0 Å². The largest absolute Gasteiger partial charge is 0.481 e. The van der Waals surface area contributed by atoms with Crippen LogP contribution < -0.4 is 10.6 Å². The number of thioether (sulfide) groups is 1. The molecule has 0 spiro atoms. The van der Waals surface area contributed by atoms with Crippen molar-refractivity contribution in [2.45, 2.75) is 44.3 Å². The summed E-state index contributed by atoms with van der Waals surface area (Å²) < 4.78 is 0.219. The molecule has 1 saturated carbocycles. The molecule has 1 aliphatic carbocycles. The summed E-state index contributed by atoms with van der Waals surface area (Å²) in [5.41, 5.74) is -0.853. The van der Waals surface area contributed by atoms with Crippen LogP contribution >= 0.6 is 11.8 Å². The molecular weight excluding hydrogens is 264 g/mol. The fourth-order valence-electron chi connectivity index (χ4n) is 2.02. The molecule has 0 aromatic rings. The van der Waals surface area contributed by atoms with E-state index in [-0.39, 0.29) is 17.3 Å². The van der Waals surface area contributed by atoms with Crippen LogP contribution in [-0.2, 0) is 4.79 Å². The summed E-state index contributed by atoms with van der Waals surface area (Å²) in [5, 5.41) is 14.8. The fraction of sp³-hybridized carbons (Fsp3) is 0.846. The van der Waals surface area contributed by atoms with Gasteiger partial charge in [0.05, 0.1) is 5.41 Å². The molecule has 3 N–H and O–H groups in total. The van der Waals surface area contributed by atoms with Crippen molar-refractivity contribution < 1.29 is 14.7 Å². The number of amides is 2. The molecule has 19 heavy (non-hydrogen) atoms. The van der Waals surface area contributed by atoms with E-state index >= 15 is 0 Å². The van der Waals surface area contributed by atoms with E-state index in [2.05, 4.69) is 16.9 Å². The molecule has 2 amide bonds. The average Bonchev–Trinajstić information content (AvgIpc) is 3.18. The van der Waals surface area contributed by atoms with Crippen molar-refractivity contribution >= 4 is 23.8 Å². The number of rotatable bonds is 8. The predicted molar refractivity (Wildman–Crippen MR) is 77.5 cm³/mol. The molecule has 0 atom stereocenters. The number of urea groups is 1. The molecule has 0 saturated heterocycles. The van der Waals surface area contributed by atoms with Gasteiger partial charge in [0.25, 0.3) is 0 Å². The molecule has 1 rings (SSSR count). The molecule has 0 aromatic heterocycles. The van der Waals surface area contributed by atoms with Crippen molar-refractivity contribution in [3.8, 4) is 0 Å². The van der Waals surface area contributed by atoms with Crippen LogP contribution in [0.25, 0.3) is 0 Å². The van der Waals surface area contributed by atoms with Crippen LogP contribution in [0.4, 0.5) is 4.79 Å². The summed E-state index contributed by atoms with van der Waals surface area (Å²) in [4.78, 5) is 23.0. The van der Waals surface area contributed by atoms with E-state index in [0.717, 1.165) is 12.8 Å². The highest BCUT2D eigenvalue weighted by Crippen LogP contribution is 2.46. The highest BCUT2D eigenvalue weighted by molar-refractivity contribution is 8.00. The summed E-state index contributed by atoms with van der Waals surface area (Å²) in [5.74, 6) is -0.847. The SMILES string of the molecule is CCC(CC)(CNC(=O)NCC1(SC)CC1)C(=O)O. The lowest BCUT2D eigenvalue weighted by atomic mass is 9.82. The topological polar surface area (TPSA) is 78.4 Å². The molecule has 0 bridgehead atoms. The van der Waals surface area contributed by atoms with E-state index in [4.69, 9.17) is 0 Å². The van der Waals surface area contributed by atoms with Gasteiger partial charge in [-0.1, -0.05) is 13.8 Å². The lowest BCUT2D eigenvalue weighted by molar-refractivity contribution is -0.149. The van der Waals surface area contributed by atoms with Crippen molar-refractivity contribution in [2.75, 3.05) is 19.3 Å².